The summed E-state index contributed by atoms with van der Waals surface area (Å²) in [6, 6.07) is 6.20. The number of benzene rings is 1. The Kier molecular flexibility index (Phi) is 5.60. The number of nitrogens with one attached hydrogen (secondary N) is 2. The molecule has 0 radical (unpaired) electrons. The molecule has 8 heteroatoms. The molecular weight excluding hydrogens is 406 g/mol. The summed E-state index contributed by atoms with van der Waals surface area (Å²) in [5.74, 6) is 1.76. The molecule has 30 heavy (non-hydrogen) atoms. The van der Waals surface area contributed by atoms with Crippen LogP contribution in [0.4, 0.5) is 0 Å². The second kappa shape index (κ2) is 8.36. The van der Waals surface area contributed by atoms with Gasteiger partial charge in [-0.05, 0) is 43.4 Å². The van der Waals surface area contributed by atoms with E-state index in [0.717, 1.165) is 43.5 Å². The molecule has 162 valence electrons. The van der Waals surface area contributed by atoms with E-state index < -0.39 is 0 Å². The zero-order valence-corrected chi connectivity index (χ0v) is 17.7. The molecular formula is C22H28ClN3O4. The van der Waals surface area contributed by atoms with Crippen LogP contribution in [-0.4, -0.2) is 60.5 Å². The third kappa shape index (κ3) is 4.03. The van der Waals surface area contributed by atoms with Gasteiger partial charge in [0, 0.05) is 48.9 Å². The van der Waals surface area contributed by atoms with Crippen LogP contribution in [0.1, 0.15) is 31.2 Å². The predicted octanol–water partition coefficient (Wildman–Crippen LogP) is 1.67. The normalized spacial score (nSPS) is 33.0. The van der Waals surface area contributed by atoms with Crippen LogP contribution < -0.4 is 20.1 Å². The Morgan fingerprint density at radius 2 is 2.00 bits per heavy atom. The number of likely N-dealkylation sites (tertiary alicyclic amines) is 1. The standard InChI is InChI=1S/C22H28ClN3O4/c23-14-2-3-17-15(8-14)22(28)16-10-26(6-5-18(16)25-17)11-21(27)24-9-13-1-4-19-20(7-13)30-12-29-19/h1,4,7,14-18,25H,2-3,5-6,8-12H2,(H,24,27). The largest absolute Gasteiger partial charge is 0.454 e. The first kappa shape index (κ1) is 20.1. The summed E-state index contributed by atoms with van der Waals surface area (Å²) in [6.45, 7) is 2.46. The highest BCUT2D eigenvalue weighted by Gasteiger charge is 2.47. The van der Waals surface area contributed by atoms with Crippen molar-refractivity contribution in [1.82, 2.24) is 15.5 Å². The molecule has 0 aromatic heterocycles. The lowest BCUT2D eigenvalue weighted by atomic mass is 9.70. The van der Waals surface area contributed by atoms with Gasteiger partial charge < -0.3 is 20.1 Å². The van der Waals surface area contributed by atoms with Gasteiger partial charge in [0.25, 0.3) is 0 Å². The molecule has 1 aliphatic carbocycles. The number of hydrogen-bond donors (Lipinski definition) is 2. The van der Waals surface area contributed by atoms with Crippen LogP contribution in [0.25, 0.3) is 0 Å². The number of fused-ring (bicyclic) bond motifs is 3. The summed E-state index contributed by atoms with van der Waals surface area (Å²) in [5.41, 5.74) is 0.969. The summed E-state index contributed by atoms with van der Waals surface area (Å²) in [7, 11) is 0. The first-order valence-electron chi connectivity index (χ1n) is 10.9. The van der Waals surface area contributed by atoms with Crippen molar-refractivity contribution in [1.29, 1.82) is 0 Å². The molecule has 1 aromatic rings. The van der Waals surface area contributed by atoms with Crippen molar-refractivity contribution in [2.24, 2.45) is 11.8 Å². The Morgan fingerprint density at radius 1 is 1.17 bits per heavy atom. The molecule has 2 N–H and O–H groups in total. The van der Waals surface area contributed by atoms with Crippen molar-refractivity contribution in [3.63, 3.8) is 0 Å². The van der Waals surface area contributed by atoms with E-state index in [2.05, 4.69) is 15.5 Å². The van der Waals surface area contributed by atoms with Crippen LogP contribution >= 0.6 is 11.6 Å². The van der Waals surface area contributed by atoms with Gasteiger partial charge >= 0.3 is 0 Å². The molecule has 2 saturated heterocycles. The van der Waals surface area contributed by atoms with Crippen molar-refractivity contribution in [3.8, 4) is 11.5 Å². The molecule has 3 heterocycles. The highest BCUT2D eigenvalue weighted by molar-refractivity contribution is 6.20. The fourth-order valence-corrected chi connectivity index (χ4v) is 5.66. The summed E-state index contributed by atoms with van der Waals surface area (Å²) >= 11 is 6.33. The zero-order chi connectivity index (χ0) is 20.7. The second-order valence-corrected chi connectivity index (χ2v) is 9.51. The van der Waals surface area contributed by atoms with Crippen molar-refractivity contribution in [2.75, 3.05) is 26.4 Å². The molecule has 1 aromatic carbocycles. The van der Waals surface area contributed by atoms with Crippen molar-refractivity contribution in [2.45, 2.75) is 49.7 Å². The minimum Gasteiger partial charge on any atom is -0.454 e. The first-order valence-corrected chi connectivity index (χ1v) is 11.3. The molecule has 3 fully saturated rings. The van der Waals surface area contributed by atoms with E-state index >= 15 is 0 Å². The van der Waals surface area contributed by atoms with E-state index in [9.17, 15) is 9.59 Å². The second-order valence-electron chi connectivity index (χ2n) is 8.89. The zero-order valence-electron chi connectivity index (χ0n) is 16.9. The number of hydrogen-bond acceptors (Lipinski definition) is 6. The number of ketones is 1. The highest BCUT2D eigenvalue weighted by atomic mass is 35.5. The molecule has 3 aliphatic heterocycles. The van der Waals surface area contributed by atoms with Gasteiger partial charge in [0.05, 0.1) is 6.54 Å². The van der Waals surface area contributed by atoms with E-state index in [4.69, 9.17) is 21.1 Å². The molecule has 4 aliphatic rings. The molecule has 5 unspecified atom stereocenters. The van der Waals surface area contributed by atoms with Crippen LogP contribution in [0.15, 0.2) is 18.2 Å². The lowest BCUT2D eigenvalue weighted by Crippen LogP contribution is -2.64. The van der Waals surface area contributed by atoms with Crippen molar-refractivity contribution >= 4 is 23.3 Å². The van der Waals surface area contributed by atoms with Crippen LogP contribution in [0, 0.1) is 11.8 Å². The quantitative estimate of drug-likeness (QED) is 0.703. The van der Waals surface area contributed by atoms with Crippen LogP contribution in [0.2, 0.25) is 0 Å². The van der Waals surface area contributed by atoms with E-state index in [0.29, 0.717) is 31.2 Å². The summed E-state index contributed by atoms with van der Waals surface area (Å²) in [6.07, 6.45) is 3.65. The average Bonchev–Trinajstić information content (AvgIpc) is 3.21. The number of piperidine rings is 2. The van der Waals surface area contributed by atoms with E-state index in [1.165, 1.54) is 0 Å². The van der Waals surface area contributed by atoms with E-state index in [-0.39, 0.29) is 42.0 Å². The molecule has 1 saturated carbocycles. The number of nitrogens with zero attached hydrogens (tertiary/aromatic N) is 1. The van der Waals surface area contributed by atoms with Gasteiger partial charge in [-0.25, -0.2) is 0 Å². The van der Waals surface area contributed by atoms with Crippen LogP contribution in [0.3, 0.4) is 0 Å². The van der Waals surface area contributed by atoms with Crippen LogP contribution in [-0.2, 0) is 16.1 Å². The predicted molar refractivity (Wildman–Crippen MR) is 112 cm³/mol. The number of rotatable bonds is 4. The number of carbonyl (C=O) groups is 2. The Balaban J connectivity index is 1.14. The fourth-order valence-electron chi connectivity index (χ4n) is 5.34. The minimum absolute atomic E-state index is 0.0290. The SMILES string of the molecule is O=C(CN1CCC2NC3CCC(Cl)CC3C(=O)C2C1)NCc1ccc2c(c1)OCO2. The smallest absolute Gasteiger partial charge is 0.234 e. The van der Waals surface area contributed by atoms with Gasteiger partial charge in [0.1, 0.15) is 5.78 Å². The number of alkyl halides is 1. The van der Waals surface area contributed by atoms with E-state index in [1.54, 1.807) is 0 Å². The third-order valence-corrected chi connectivity index (χ3v) is 7.33. The summed E-state index contributed by atoms with van der Waals surface area (Å²) in [4.78, 5) is 27.7. The number of amides is 1. The molecule has 5 rings (SSSR count). The van der Waals surface area contributed by atoms with Gasteiger partial charge in [0.2, 0.25) is 12.7 Å². The molecule has 5 atom stereocenters. The maximum atomic E-state index is 13.1. The van der Waals surface area contributed by atoms with Gasteiger partial charge in [-0.3, -0.25) is 14.5 Å². The van der Waals surface area contributed by atoms with Crippen LogP contribution in [0.5, 0.6) is 11.5 Å². The molecule has 1 amide bonds. The maximum absolute atomic E-state index is 13.1. The topological polar surface area (TPSA) is 79.9 Å². The number of Topliss-reactive ketones (excluding diaryl/α,β-unsaturated/α-hetero) is 1. The Bertz CT molecular complexity index is 835. The Labute approximate surface area is 181 Å². The highest BCUT2D eigenvalue weighted by Crippen LogP contribution is 2.37. The molecule has 0 bridgehead atoms. The van der Waals surface area contributed by atoms with Gasteiger partial charge in [0.15, 0.2) is 11.5 Å². The van der Waals surface area contributed by atoms with Crippen molar-refractivity contribution < 1.29 is 19.1 Å². The van der Waals surface area contributed by atoms with Gasteiger partial charge in [-0.2, -0.15) is 0 Å². The monoisotopic (exact) mass is 433 g/mol. The average molecular weight is 434 g/mol. The Morgan fingerprint density at radius 3 is 2.90 bits per heavy atom. The first-order chi connectivity index (χ1) is 14.6. The number of carbonyl (C=O) groups excluding carboxylic acids is 2. The molecule has 0 spiro atoms. The van der Waals surface area contributed by atoms with Crippen molar-refractivity contribution in [3.05, 3.63) is 23.8 Å². The minimum atomic E-state index is -0.0383. The fraction of sp³-hybridized carbons (Fsp3) is 0.636. The molecule has 7 nitrogen and oxygen atoms in total. The number of ether oxygens (including phenoxy) is 2. The lowest BCUT2D eigenvalue weighted by Gasteiger charge is -2.48. The summed E-state index contributed by atoms with van der Waals surface area (Å²) in [5, 5.41) is 6.80. The lowest BCUT2D eigenvalue weighted by molar-refractivity contribution is -0.136. The van der Waals surface area contributed by atoms with E-state index in [1.807, 2.05) is 18.2 Å². The maximum Gasteiger partial charge on any atom is 0.234 e. The van der Waals surface area contributed by atoms with Gasteiger partial charge in [-0.1, -0.05) is 6.07 Å². The Hall–Kier alpha value is -1.83. The third-order valence-electron chi connectivity index (χ3n) is 6.94. The number of halogens is 1. The summed E-state index contributed by atoms with van der Waals surface area (Å²) < 4.78 is 10.7. The van der Waals surface area contributed by atoms with Gasteiger partial charge in [-0.15, -0.1) is 11.6 Å².